The summed E-state index contributed by atoms with van der Waals surface area (Å²) in [5.41, 5.74) is 16.3. The van der Waals surface area contributed by atoms with Crippen LogP contribution < -0.4 is 33.2 Å². The molecule has 0 aliphatic carbocycles. The highest BCUT2D eigenvalue weighted by Gasteiger charge is 2.31. The molecule has 0 aromatic rings. The normalized spacial score (nSPS) is 15.5. The predicted molar refractivity (Wildman–Crippen MR) is 120 cm³/mol. The fourth-order valence-electron chi connectivity index (χ4n) is 2.77. The topological polar surface area (TPSA) is 255 Å². The first-order chi connectivity index (χ1) is 15.3. The molecule has 14 nitrogen and oxygen atoms in total. The highest BCUT2D eigenvalue weighted by molar-refractivity contribution is 5.94. The zero-order chi connectivity index (χ0) is 25.7. The molecule has 12 N–H and O–H groups in total. The minimum absolute atomic E-state index is 0.000536. The number of carboxylic acid groups (broad SMARTS) is 1. The number of aliphatic imine (C=N–C) groups is 1. The molecule has 0 rings (SSSR count). The van der Waals surface area contributed by atoms with Gasteiger partial charge in [0.2, 0.25) is 17.7 Å². The molecule has 3 amide bonds. The van der Waals surface area contributed by atoms with Gasteiger partial charge in [-0.1, -0.05) is 13.8 Å². The molecule has 0 heterocycles. The third-order valence-electron chi connectivity index (χ3n) is 4.50. The average molecular weight is 476 g/mol. The third-order valence-corrected chi connectivity index (χ3v) is 4.50. The summed E-state index contributed by atoms with van der Waals surface area (Å²) in [5.74, 6) is -3.92. The van der Waals surface area contributed by atoms with Crippen molar-refractivity contribution in [3.05, 3.63) is 0 Å². The molecule has 5 atom stereocenters. The van der Waals surface area contributed by atoms with Gasteiger partial charge in [-0.05, 0) is 32.1 Å². The molecule has 0 fully saturated rings. The number of aliphatic hydroxyl groups is 2. The highest BCUT2D eigenvalue weighted by Crippen LogP contribution is 2.05. The predicted octanol–water partition coefficient (Wildman–Crippen LogP) is -3.67. The smallest absolute Gasteiger partial charge is 0.328 e. The van der Waals surface area contributed by atoms with Crippen LogP contribution in [-0.4, -0.2) is 88.4 Å². The van der Waals surface area contributed by atoms with Crippen LogP contribution in [0.3, 0.4) is 0 Å². The number of aliphatic hydroxyl groups excluding tert-OH is 2. The van der Waals surface area contributed by atoms with Crippen LogP contribution in [0, 0.1) is 5.92 Å². The summed E-state index contributed by atoms with van der Waals surface area (Å²) < 4.78 is 0. The van der Waals surface area contributed by atoms with Crippen LogP contribution >= 0.6 is 0 Å². The summed E-state index contributed by atoms with van der Waals surface area (Å²) >= 11 is 0. The second kappa shape index (κ2) is 15.0. The van der Waals surface area contributed by atoms with E-state index in [2.05, 4.69) is 20.9 Å². The lowest BCUT2D eigenvalue weighted by Gasteiger charge is -2.25. The minimum atomic E-state index is -1.61. The van der Waals surface area contributed by atoms with Crippen LogP contribution in [0.15, 0.2) is 4.99 Å². The Balaban J connectivity index is 5.37. The molecule has 0 saturated heterocycles. The quantitative estimate of drug-likeness (QED) is 0.0636. The standard InChI is InChI=1S/C19H37N7O7/c1-9(2)7-11(20)15(29)25-13(8-27)17(31)24-12(5-4-6-23-19(21)22)16(30)26-14(10(3)28)18(32)33/h9-14,27-28H,4-8,20H2,1-3H3,(H,24,31)(H,25,29)(H,26,30)(H,32,33)(H4,21,22,23). The number of rotatable bonds is 15. The second-order valence-corrected chi connectivity index (χ2v) is 8.05. The van der Waals surface area contributed by atoms with Crippen LogP contribution in [0.4, 0.5) is 0 Å². The number of amides is 3. The largest absolute Gasteiger partial charge is 0.480 e. The number of nitrogens with one attached hydrogen (secondary N) is 3. The van der Waals surface area contributed by atoms with Gasteiger partial charge in [0.25, 0.3) is 0 Å². The van der Waals surface area contributed by atoms with Crippen molar-refractivity contribution in [3.8, 4) is 0 Å². The van der Waals surface area contributed by atoms with Gasteiger partial charge in [0, 0.05) is 6.54 Å². The number of nitrogens with two attached hydrogens (primary N) is 3. The number of nitrogens with zero attached hydrogens (tertiary/aromatic N) is 1. The Bertz CT molecular complexity index is 696. The number of guanidine groups is 1. The van der Waals surface area contributed by atoms with Gasteiger partial charge >= 0.3 is 5.97 Å². The fraction of sp³-hybridized carbons (Fsp3) is 0.737. The molecule has 0 aromatic carbocycles. The second-order valence-electron chi connectivity index (χ2n) is 8.05. The molecule has 0 saturated carbocycles. The maximum absolute atomic E-state index is 12.6. The van der Waals surface area contributed by atoms with Gasteiger partial charge in [-0.3, -0.25) is 19.4 Å². The molecular formula is C19H37N7O7. The van der Waals surface area contributed by atoms with Gasteiger partial charge in [0.15, 0.2) is 12.0 Å². The first-order valence-corrected chi connectivity index (χ1v) is 10.5. The van der Waals surface area contributed by atoms with Gasteiger partial charge < -0.3 is 48.5 Å². The Hall–Kier alpha value is -2.97. The lowest BCUT2D eigenvalue weighted by molar-refractivity contribution is -0.145. The molecule has 5 unspecified atom stereocenters. The zero-order valence-electron chi connectivity index (χ0n) is 19.2. The van der Waals surface area contributed by atoms with E-state index in [1.165, 1.54) is 6.92 Å². The fourth-order valence-corrected chi connectivity index (χ4v) is 2.77. The van der Waals surface area contributed by atoms with Gasteiger partial charge in [0.05, 0.1) is 18.8 Å². The van der Waals surface area contributed by atoms with E-state index in [-0.39, 0.29) is 31.3 Å². The van der Waals surface area contributed by atoms with Crippen LogP contribution in [0.5, 0.6) is 0 Å². The first kappa shape index (κ1) is 30.0. The first-order valence-electron chi connectivity index (χ1n) is 10.5. The molecule has 0 aliphatic heterocycles. The van der Waals surface area contributed by atoms with Crippen molar-refractivity contribution in [1.29, 1.82) is 0 Å². The number of hydrogen-bond donors (Lipinski definition) is 9. The van der Waals surface area contributed by atoms with Crippen molar-refractivity contribution in [1.82, 2.24) is 16.0 Å². The minimum Gasteiger partial charge on any atom is -0.480 e. The molecule has 0 aromatic heterocycles. The van der Waals surface area contributed by atoms with Crippen molar-refractivity contribution in [3.63, 3.8) is 0 Å². The molecule has 0 spiro atoms. The van der Waals surface area contributed by atoms with E-state index >= 15 is 0 Å². The lowest BCUT2D eigenvalue weighted by atomic mass is 10.0. The van der Waals surface area contributed by atoms with Crippen molar-refractivity contribution >= 4 is 29.7 Å². The van der Waals surface area contributed by atoms with E-state index < -0.39 is 60.6 Å². The number of hydrogen-bond acceptors (Lipinski definition) is 8. The summed E-state index contributed by atoms with van der Waals surface area (Å²) in [6, 6.07) is -5.16. The summed E-state index contributed by atoms with van der Waals surface area (Å²) in [4.78, 5) is 52.5. The van der Waals surface area contributed by atoms with E-state index in [0.29, 0.717) is 6.42 Å². The highest BCUT2D eigenvalue weighted by atomic mass is 16.4. The van der Waals surface area contributed by atoms with Crippen molar-refractivity contribution < 1.29 is 34.5 Å². The van der Waals surface area contributed by atoms with Crippen LogP contribution in [0.1, 0.15) is 40.0 Å². The Morgan fingerprint density at radius 3 is 1.94 bits per heavy atom. The Kier molecular flexibility index (Phi) is 13.6. The zero-order valence-corrected chi connectivity index (χ0v) is 19.2. The van der Waals surface area contributed by atoms with Crippen molar-refractivity contribution in [2.24, 2.45) is 28.1 Å². The summed E-state index contributed by atoms with van der Waals surface area (Å²) in [7, 11) is 0. The van der Waals surface area contributed by atoms with E-state index in [0.717, 1.165) is 0 Å². The summed E-state index contributed by atoms with van der Waals surface area (Å²) in [6.07, 6.45) is -0.814. The van der Waals surface area contributed by atoms with Crippen LogP contribution in [-0.2, 0) is 19.2 Å². The molecule has 33 heavy (non-hydrogen) atoms. The maximum atomic E-state index is 12.6. The Morgan fingerprint density at radius 2 is 1.48 bits per heavy atom. The summed E-state index contributed by atoms with van der Waals surface area (Å²) in [5, 5.41) is 35.2. The van der Waals surface area contributed by atoms with E-state index in [4.69, 9.17) is 17.2 Å². The third kappa shape index (κ3) is 12.0. The van der Waals surface area contributed by atoms with Gasteiger partial charge in [-0.25, -0.2) is 4.79 Å². The Morgan fingerprint density at radius 1 is 0.939 bits per heavy atom. The van der Waals surface area contributed by atoms with Crippen LogP contribution in [0.25, 0.3) is 0 Å². The SMILES string of the molecule is CC(C)CC(N)C(=O)NC(CO)C(=O)NC(CCCN=C(N)N)C(=O)NC(C(=O)O)C(C)O. The number of carbonyl (C=O) groups excluding carboxylic acids is 3. The van der Waals surface area contributed by atoms with E-state index in [9.17, 15) is 34.5 Å². The molecule has 0 radical (unpaired) electrons. The number of carboxylic acids is 1. The monoisotopic (exact) mass is 475 g/mol. The van der Waals surface area contributed by atoms with Crippen molar-refractivity contribution in [2.45, 2.75) is 70.3 Å². The van der Waals surface area contributed by atoms with Gasteiger partial charge in [-0.15, -0.1) is 0 Å². The lowest BCUT2D eigenvalue weighted by Crippen LogP contribution is -2.59. The van der Waals surface area contributed by atoms with E-state index in [1.807, 2.05) is 13.8 Å². The maximum Gasteiger partial charge on any atom is 0.328 e. The molecular weight excluding hydrogens is 438 g/mol. The average Bonchev–Trinajstić information content (AvgIpc) is 2.70. The Labute approximate surface area is 192 Å². The van der Waals surface area contributed by atoms with E-state index in [1.54, 1.807) is 0 Å². The number of carbonyl (C=O) groups is 4. The van der Waals surface area contributed by atoms with Crippen LogP contribution in [0.2, 0.25) is 0 Å². The molecule has 0 bridgehead atoms. The van der Waals surface area contributed by atoms with Gasteiger partial charge in [-0.2, -0.15) is 0 Å². The molecule has 190 valence electrons. The van der Waals surface area contributed by atoms with Crippen molar-refractivity contribution in [2.75, 3.05) is 13.2 Å². The number of aliphatic carboxylic acids is 1. The van der Waals surface area contributed by atoms with Gasteiger partial charge in [0.1, 0.15) is 12.1 Å². The summed E-state index contributed by atoms with van der Waals surface area (Å²) in [6.45, 7) is 4.28. The molecule has 14 heteroatoms. The molecule has 0 aliphatic rings.